The van der Waals surface area contributed by atoms with Gasteiger partial charge in [-0.2, -0.15) is 0 Å². The van der Waals surface area contributed by atoms with Crippen molar-refractivity contribution in [3.63, 3.8) is 0 Å². The SMILES string of the molecule is C[C@H](CP(=O)(OC[C@H]1O[C@@H](n2ccc(=O)[nH]c2=O)C2(CC2)[C@@H]1O)Oc1ccc(C(C)(C)C)cc1)C(=O)OCc1ccccc1. The van der Waals surface area contributed by atoms with Crippen molar-refractivity contribution in [2.45, 2.75) is 71.0 Å². The van der Waals surface area contributed by atoms with Crippen molar-refractivity contribution in [1.29, 1.82) is 0 Å². The number of ether oxygens (including phenoxy) is 2. The second kappa shape index (κ2) is 12.5. The van der Waals surface area contributed by atoms with Crippen LogP contribution < -0.4 is 15.8 Å². The van der Waals surface area contributed by atoms with Gasteiger partial charge in [-0.3, -0.25) is 23.7 Å². The fourth-order valence-electron chi connectivity index (χ4n) is 5.42. The highest BCUT2D eigenvalue weighted by Gasteiger charge is 2.64. The number of aromatic nitrogens is 2. The molecule has 2 fully saturated rings. The fourth-order valence-corrected chi connectivity index (χ4v) is 7.29. The number of benzene rings is 2. The Morgan fingerprint density at radius 2 is 1.80 bits per heavy atom. The van der Waals surface area contributed by atoms with E-state index < -0.39 is 54.6 Å². The van der Waals surface area contributed by atoms with Crippen LogP contribution in [0.1, 0.15) is 57.9 Å². The average molecular weight is 627 g/mol. The molecular formula is C32H39N2O9P. The number of aliphatic hydroxyl groups is 1. The van der Waals surface area contributed by atoms with Crippen LogP contribution in [0.3, 0.4) is 0 Å². The maximum absolute atomic E-state index is 14.3. The lowest BCUT2D eigenvalue weighted by molar-refractivity contribution is -0.148. The van der Waals surface area contributed by atoms with E-state index in [2.05, 4.69) is 25.8 Å². The summed E-state index contributed by atoms with van der Waals surface area (Å²) in [5, 5.41) is 11.2. The molecule has 1 aromatic heterocycles. The zero-order valence-electron chi connectivity index (χ0n) is 25.3. The van der Waals surface area contributed by atoms with Crippen molar-refractivity contribution in [2.75, 3.05) is 12.8 Å². The van der Waals surface area contributed by atoms with E-state index in [0.717, 1.165) is 11.1 Å². The molecule has 0 bridgehead atoms. The zero-order chi connectivity index (χ0) is 31.7. The summed E-state index contributed by atoms with van der Waals surface area (Å²) in [6, 6.07) is 17.6. The Hall–Kier alpha value is -3.50. The van der Waals surface area contributed by atoms with Crippen LogP contribution in [0.25, 0.3) is 0 Å². The van der Waals surface area contributed by atoms with E-state index >= 15 is 0 Å². The van der Waals surface area contributed by atoms with E-state index in [1.54, 1.807) is 19.1 Å². The first-order chi connectivity index (χ1) is 20.8. The monoisotopic (exact) mass is 626 g/mol. The third-order valence-electron chi connectivity index (χ3n) is 8.19. The predicted octanol–water partition coefficient (Wildman–Crippen LogP) is 4.54. The molecule has 236 valence electrons. The largest absolute Gasteiger partial charge is 0.461 e. The van der Waals surface area contributed by atoms with Gasteiger partial charge in [0.1, 0.15) is 24.7 Å². The van der Waals surface area contributed by atoms with Gasteiger partial charge in [0.15, 0.2) is 0 Å². The minimum Gasteiger partial charge on any atom is -0.461 e. The highest BCUT2D eigenvalue weighted by Crippen LogP contribution is 2.62. The molecule has 1 saturated carbocycles. The van der Waals surface area contributed by atoms with Crippen molar-refractivity contribution in [3.05, 3.63) is 98.8 Å². The van der Waals surface area contributed by atoms with Gasteiger partial charge in [-0.25, -0.2) is 9.36 Å². The molecule has 12 heteroatoms. The average Bonchev–Trinajstić information content (AvgIpc) is 3.73. The summed E-state index contributed by atoms with van der Waals surface area (Å²) >= 11 is 0. The zero-order valence-corrected chi connectivity index (χ0v) is 26.2. The number of nitrogens with one attached hydrogen (secondary N) is 1. The molecule has 0 radical (unpaired) electrons. The number of aliphatic hydroxyl groups excluding tert-OH is 1. The van der Waals surface area contributed by atoms with Crippen molar-refractivity contribution in [1.82, 2.24) is 9.55 Å². The summed E-state index contributed by atoms with van der Waals surface area (Å²) in [5.41, 5.74) is -0.162. The fraction of sp³-hybridized carbons (Fsp3) is 0.469. The van der Waals surface area contributed by atoms with Crippen LogP contribution in [0.2, 0.25) is 0 Å². The summed E-state index contributed by atoms with van der Waals surface area (Å²) < 4.78 is 38.9. The summed E-state index contributed by atoms with van der Waals surface area (Å²) in [6.07, 6.45) is -0.564. The quantitative estimate of drug-likeness (QED) is 0.231. The van der Waals surface area contributed by atoms with Crippen LogP contribution in [0.5, 0.6) is 5.75 Å². The minimum atomic E-state index is -4.02. The second-order valence-electron chi connectivity index (χ2n) is 12.7. The molecule has 44 heavy (non-hydrogen) atoms. The Bertz CT molecular complexity index is 1620. The smallest absolute Gasteiger partial charge is 0.380 e. The van der Waals surface area contributed by atoms with E-state index in [1.165, 1.54) is 16.8 Å². The number of hydrogen-bond donors (Lipinski definition) is 2. The highest BCUT2D eigenvalue weighted by atomic mass is 31.2. The number of esters is 1. The number of carbonyl (C=O) groups excluding carboxylic acids is 1. The van der Waals surface area contributed by atoms with Gasteiger partial charge in [0.2, 0.25) is 0 Å². The van der Waals surface area contributed by atoms with Crippen LogP contribution in [0.4, 0.5) is 0 Å². The second-order valence-corrected chi connectivity index (χ2v) is 14.7. The lowest BCUT2D eigenvalue weighted by atomic mass is 9.87. The van der Waals surface area contributed by atoms with Gasteiger partial charge < -0.3 is 19.1 Å². The summed E-state index contributed by atoms with van der Waals surface area (Å²) in [7, 11) is -4.02. The molecule has 2 N–H and O–H groups in total. The van der Waals surface area contributed by atoms with Crippen molar-refractivity contribution < 1.29 is 33.0 Å². The van der Waals surface area contributed by atoms with E-state index in [9.17, 15) is 24.1 Å². The standard InChI is InChI=1S/C32H39N2O9P/c1-21(28(37)40-18-22-8-6-5-7-9-22)20-44(39,43-24-12-10-23(11-13-24)31(2,3)4)41-19-25-27(36)32(15-16-32)29(42-25)34-17-14-26(35)33-30(34)38/h5-14,17,21,25,27,29,36H,15-16,18-20H2,1-4H3,(H,33,35,38)/t21-,25-,27-,29-,44?/m1/s1. The molecule has 3 aromatic rings. The lowest BCUT2D eigenvalue weighted by Crippen LogP contribution is -2.35. The highest BCUT2D eigenvalue weighted by molar-refractivity contribution is 7.54. The molecule has 0 amide bonds. The van der Waals surface area contributed by atoms with Crippen LogP contribution in [0, 0.1) is 11.3 Å². The first-order valence-electron chi connectivity index (χ1n) is 14.7. The molecule has 5 rings (SSSR count). The Labute approximate surface area is 255 Å². The maximum Gasteiger partial charge on any atom is 0.380 e. The van der Waals surface area contributed by atoms with Gasteiger partial charge in [-0.05, 0) is 41.5 Å². The van der Waals surface area contributed by atoms with Gasteiger partial charge in [-0.1, -0.05) is 70.2 Å². The number of hydrogen-bond acceptors (Lipinski definition) is 9. The Morgan fingerprint density at radius 3 is 2.41 bits per heavy atom. The molecule has 1 unspecified atom stereocenters. The molecule has 2 aromatic carbocycles. The molecule has 1 aliphatic heterocycles. The van der Waals surface area contributed by atoms with Crippen LogP contribution >= 0.6 is 7.60 Å². The number of carbonyl (C=O) groups is 1. The third kappa shape index (κ3) is 7.07. The van der Waals surface area contributed by atoms with Crippen LogP contribution in [-0.4, -0.2) is 45.6 Å². The number of nitrogens with zero attached hydrogens (tertiary/aromatic N) is 1. The molecule has 11 nitrogen and oxygen atoms in total. The molecule has 1 spiro atoms. The Kier molecular flexibility index (Phi) is 9.05. The summed E-state index contributed by atoms with van der Waals surface area (Å²) in [4.78, 5) is 39.2. The molecule has 5 atom stereocenters. The normalized spacial score (nSPS) is 22.7. The number of H-pyrrole nitrogens is 1. The molecule has 2 heterocycles. The molecule has 1 aliphatic carbocycles. The van der Waals surface area contributed by atoms with Crippen LogP contribution in [-0.2, 0) is 35.4 Å². The first kappa shape index (κ1) is 31.9. The Morgan fingerprint density at radius 1 is 1.11 bits per heavy atom. The predicted molar refractivity (Wildman–Crippen MR) is 163 cm³/mol. The first-order valence-corrected chi connectivity index (χ1v) is 16.4. The third-order valence-corrected chi connectivity index (χ3v) is 10.2. The van der Waals surface area contributed by atoms with E-state index in [4.69, 9.17) is 18.5 Å². The lowest BCUT2D eigenvalue weighted by Gasteiger charge is -2.25. The maximum atomic E-state index is 14.3. The van der Waals surface area contributed by atoms with E-state index in [-0.39, 0.29) is 24.8 Å². The number of aromatic amines is 1. The minimum absolute atomic E-state index is 0.0694. The Balaban J connectivity index is 1.32. The summed E-state index contributed by atoms with van der Waals surface area (Å²) in [5.74, 6) is -1.10. The number of rotatable bonds is 11. The van der Waals surface area contributed by atoms with Crippen molar-refractivity contribution in [3.8, 4) is 5.75 Å². The van der Waals surface area contributed by atoms with Crippen molar-refractivity contribution in [2.24, 2.45) is 11.3 Å². The van der Waals surface area contributed by atoms with E-state index in [1.807, 2.05) is 42.5 Å². The molecule has 2 aliphatic rings. The van der Waals surface area contributed by atoms with Gasteiger partial charge in [-0.15, -0.1) is 0 Å². The summed E-state index contributed by atoms with van der Waals surface area (Å²) in [6.45, 7) is 7.57. The topological polar surface area (TPSA) is 146 Å². The van der Waals surface area contributed by atoms with Gasteiger partial charge >= 0.3 is 19.3 Å². The van der Waals surface area contributed by atoms with Crippen LogP contribution in [0.15, 0.2) is 76.4 Å². The van der Waals surface area contributed by atoms with Gasteiger partial charge in [0.25, 0.3) is 5.56 Å². The van der Waals surface area contributed by atoms with E-state index in [0.29, 0.717) is 18.6 Å². The van der Waals surface area contributed by atoms with Crippen molar-refractivity contribution >= 4 is 13.6 Å². The van der Waals surface area contributed by atoms with Gasteiger partial charge in [0.05, 0.1) is 24.8 Å². The molecular weight excluding hydrogens is 587 g/mol. The van der Waals surface area contributed by atoms with Gasteiger partial charge in [0, 0.05) is 17.7 Å². The molecule has 1 saturated heterocycles.